The average Bonchev–Trinajstić information content (AvgIpc) is 3.64. The van der Waals surface area contributed by atoms with Crippen molar-refractivity contribution in [3.63, 3.8) is 0 Å². The predicted molar refractivity (Wildman–Crippen MR) is 195 cm³/mol. The summed E-state index contributed by atoms with van der Waals surface area (Å²) in [6.07, 6.45) is -1.80. The van der Waals surface area contributed by atoms with E-state index in [0.717, 1.165) is 27.2 Å². The van der Waals surface area contributed by atoms with Crippen molar-refractivity contribution in [2.45, 2.75) is 68.7 Å². The number of carboxylic acids is 1. The largest absolute Gasteiger partial charge is 0.507 e. The number of aromatic hydroxyl groups is 1. The number of aliphatic carboxylic acids is 1. The highest BCUT2D eigenvalue weighted by atomic mass is 32.2. The van der Waals surface area contributed by atoms with Crippen LogP contribution in [0.4, 0.5) is 4.79 Å². The van der Waals surface area contributed by atoms with Crippen LogP contribution in [0, 0.1) is 0 Å². The second kappa shape index (κ2) is 15.5. The molecule has 0 saturated heterocycles. The first-order chi connectivity index (χ1) is 25.3. The Bertz CT molecular complexity index is 2020. The number of ether oxygens (including phenoxy) is 3. The quantitative estimate of drug-likeness (QED) is 0.158. The molecule has 4 aromatic carbocycles. The Morgan fingerprint density at radius 3 is 2.19 bits per heavy atom. The molecule has 0 aromatic heterocycles. The van der Waals surface area contributed by atoms with Crippen LogP contribution in [-0.4, -0.2) is 73.5 Å². The smallest absolute Gasteiger partial charge is 0.407 e. The van der Waals surface area contributed by atoms with Crippen molar-refractivity contribution in [1.29, 1.82) is 0 Å². The van der Waals surface area contributed by atoms with Crippen molar-refractivity contribution in [2.75, 3.05) is 12.5 Å². The number of esters is 1. The van der Waals surface area contributed by atoms with Gasteiger partial charge >= 0.3 is 18.0 Å². The SMILES string of the molecule is CC(C)(C)OC(=O)C[C@H](NC(=O)OCC1c2ccccc2-c2ccccc21)C(=O)N(Cc1cc2c(cc1O)OCS2=O)[C@@H](Cc1ccccc1)C(=O)O. The van der Waals surface area contributed by atoms with E-state index in [9.17, 15) is 33.6 Å². The number of hydrogen-bond acceptors (Lipinski definition) is 9. The summed E-state index contributed by atoms with van der Waals surface area (Å²) < 4.78 is 29.2. The topological polar surface area (TPSA) is 169 Å². The molecule has 3 atom stereocenters. The molecule has 13 heteroatoms. The summed E-state index contributed by atoms with van der Waals surface area (Å²) in [5.74, 6) is -3.65. The Morgan fingerprint density at radius 2 is 1.57 bits per heavy atom. The maximum atomic E-state index is 14.6. The second-order valence-corrected chi connectivity index (χ2v) is 15.2. The van der Waals surface area contributed by atoms with E-state index in [2.05, 4.69) is 5.32 Å². The third kappa shape index (κ3) is 8.52. The molecular formula is C40H40N2O10S. The lowest BCUT2D eigenvalue weighted by atomic mass is 9.98. The Balaban J connectivity index is 1.31. The summed E-state index contributed by atoms with van der Waals surface area (Å²) in [4.78, 5) is 55.6. The molecule has 0 radical (unpaired) electrons. The zero-order valence-corrected chi connectivity index (χ0v) is 30.3. The number of carbonyl (C=O) groups excluding carboxylic acids is 3. The molecule has 0 spiro atoms. The normalized spacial score (nSPS) is 15.6. The van der Waals surface area contributed by atoms with Crippen LogP contribution in [0.3, 0.4) is 0 Å². The second-order valence-electron chi connectivity index (χ2n) is 13.9. The van der Waals surface area contributed by atoms with Crippen molar-refractivity contribution in [3.05, 3.63) is 113 Å². The average molecular weight is 741 g/mol. The molecule has 1 heterocycles. The predicted octanol–water partition coefficient (Wildman–Crippen LogP) is 5.51. The summed E-state index contributed by atoms with van der Waals surface area (Å²) in [6, 6.07) is 23.7. The number of phenols is 1. The van der Waals surface area contributed by atoms with Gasteiger partial charge in [0.1, 0.15) is 35.8 Å². The first kappa shape index (κ1) is 37.1. The van der Waals surface area contributed by atoms with Gasteiger partial charge in [-0.15, -0.1) is 0 Å². The van der Waals surface area contributed by atoms with Gasteiger partial charge in [0.25, 0.3) is 0 Å². The van der Waals surface area contributed by atoms with Crippen LogP contribution in [0.2, 0.25) is 0 Å². The molecule has 0 bridgehead atoms. The monoisotopic (exact) mass is 740 g/mol. The lowest BCUT2D eigenvalue weighted by Gasteiger charge is -2.33. The minimum absolute atomic E-state index is 0.0785. The van der Waals surface area contributed by atoms with E-state index in [1.54, 1.807) is 51.1 Å². The number of nitrogens with zero attached hydrogens (tertiary/aromatic N) is 1. The number of amides is 2. The standard InChI is InChI=1S/C40H40N2O10S/c1-40(2,3)52-36(44)19-31(41-39(48)50-22-30-28-15-9-7-13-26(28)27-14-8-10-16-29(27)30)37(45)42(32(38(46)47)17-24-11-5-4-6-12-24)21-25-18-35-34(20-33(25)43)51-23-53(35)49/h4-16,18,20,30-32,43H,17,19,21-23H2,1-3H3,(H,41,48)(H,46,47)/t31-,32-,53?/m0/s1. The van der Waals surface area contributed by atoms with Crippen LogP contribution in [0.1, 0.15) is 55.4 Å². The Morgan fingerprint density at radius 1 is 0.943 bits per heavy atom. The molecular weight excluding hydrogens is 701 g/mol. The minimum atomic E-state index is -1.63. The van der Waals surface area contributed by atoms with E-state index < -0.39 is 65.4 Å². The number of rotatable bonds is 12. The molecule has 4 aromatic rings. The number of alkyl carbamates (subject to hydrolysis) is 1. The van der Waals surface area contributed by atoms with E-state index >= 15 is 0 Å². The van der Waals surface area contributed by atoms with E-state index in [1.165, 1.54) is 12.1 Å². The molecule has 0 fully saturated rings. The first-order valence-corrected chi connectivity index (χ1v) is 18.4. The number of fused-ring (bicyclic) bond motifs is 4. The summed E-state index contributed by atoms with van der Waals surface area (Å²) >= 11 is 0. The summed E-state index contributed by atoms with van der Waals surface area (Å²) in [5, 5.41) is 24.0. The van der Waals surface area contributed by atoms with E-state index in [-0.39, 0.29) is 46.8 Å². The van der Waals surface area contributed by atoms with Crippen molar-refractivity contribution < 1.29 is 47.8 Å². The molecule has 276 valence electrons. The van der Waals surface area contributed by atoms with Gasteiger partial charge in [0.05, 0.1) is 28.7 Å². The van der Waals surface area contributed by atoms with Gasteiger partial charge in [0.2, 0.25) is 5.91 Å². The van der Waals surface area contributed by atoms with Crippen molar-refractivity contribution in [2.24, 2.45) is 0 Å². The highest BCUT2D eigenvalue weighted by molar-refractivity contribution is 7.85. The molecule has 1 aliphatic carbocycles. The number of benzene rings is 4. The molecule has 6 rings (SSSR count). The Hall–Kier alpha value is -5.69. The number of phenolic OH excluding ortho intramolecular Hbond substituents is 1. The number of nitrogens with one attached hydrogen (secondary N) is 1. The van der Waals surface area contributed by atoms with Gasteiger partial charge in [-0.05, 0) is 54.7 Å². The molecule has 53 heavy (non-hydrogen) atoms. The maximum absolute atomic E-state index is 14.6. The van der Waals surface area contributed by atoms with Crippen LogP contribution in [0.25, 0.3) is 11.1 Å². The summed E-state index contributed by atoms with van der Waals surface area (Å²) in [6.45, 7) is 4.40. The lowest BCUT2D eigenvalue weighted by molar-refractivity contribution is -0.158. The van der Waals surface area contributed by atoms with Gasteiger partial charge < -0.3 is 34.6 Å². The Kier molecular flexibility index (Phi) is 10.8. The molecule has 0 saturated carbocycles. The van der Waals surface area contributed by atoms with Gasteiger partial charge in [-0.1, -0.05) is 78.9 Å². The van der Waals surface area contributed by atoms with Crippen molar-refractivity contribution >= 4 is 34.7 Å². The summed E-state index contributed by atoms with van der Waals surface area (Å²) in [7, 11) is -1.55. The third-order valence-electron chi connectivity index (χ3n) is 8.99. The number of carboxylic acid groups (broad SMARTS) is 1. The highest BCUT2D eigenvalue weighted by Gasteiger charge is 2.38. The van der Waals surface area contributed by atoms with Crippen LogP contribution in [0.15, 0.2) is 95.9 Å². The highest BCUT2D eigenvalue weighted by Crippen LogP contribution is 2.44. The van der Waals surface area contributed by atoms with E-state index in [0.29, 0.717) is 5.56 Å². The van der Waals surface area contributed by atoms with Gasteiger partial charge in [0, 0.05) is 24.0 Å². The zero-order valence-electron chi connectivity index (χ0n) is 29.4. The Labute approximate surface area is 309 Å². The number of hydrogen-bond donors (Lipinski definition) is 3. The zero-order chi connectivity index (χ0) is 37.9. The molecule has 3 N–H and O–H groups in total. The third-order valence-corrected chi connectivity index (χ3v) is 10.1. The minimum Gasteiger partial charge on any atom is -0.507 e. The van der Waals surface area contributed by atoms with Crippen LogP contribution in [0.5, 0.6) is 11.5 Å². The molecule has 1 aliphatic heterocycles. The molecule has 12 nitrogen and oxygen atoms in total. The molecule has 2 amide bonds. The van der Waals surface area contributed by atoms with Crippen LogP contribution in [-0.2, 0) is 47.6 Å². The fourth-order valence-electron chi connectivity index (χ4n) is 6.61. The maximum Gasteiger partial charge on any atom is 0.407 e. The fraction of sp³-hybridized carbons (Fsp3) is 0.300. The van der Waals surface area contributed by atoms with E-state index in [4.69, 9.17) is 14.2 Å². The molecule has 2 aliphatic rings. The van der Waals surface area contributed by atoms with Gasteiger partial charge in [-0.25, -0.2) is 9.59 Å². The fourth-order valence-corrected chi connectivity index (χ4v) is 7.59. The first-order valence-electron chi connectivity index (χ1n) is 17.1. The van der Waals surface area contributed by atoms with Crippen LogP contribution < -0.4 is 10.1 Å². The number of carbonyl (C=O) groups is 4. The van der Waals surface area contributed by atoms with Crippen molar-refractivity contribution in [3.8, 4) is 22.6 Å². The van der Waals surface area contributed by atoms with Crippen molar-refractivity contribution in [1.82, 2.24) is 10.2 Å². The summed E-state index contributed by atoms with van der Waals surface area (Å²) in [5.41, 5.74) is 3.74. The van der Waals surface area contributed by atoms with Crippen LogP contribution >= 0.6 is 0 Å². The molecule has 1 unspecified atom stereocenters. The van der Waals surface area contributed by atoms with Gasteiger partial charge in [-0.2, -0.15) is 0 Å². The van der Waals surface area contributed by atoms with Gasteiger partial charge in [0.15, 0.2) is 5.94 Å². The van der Waals surface area contributed by atoms with E-state index in [1.807, 2.05) is 48.5 Å². The lowest BCUT2D eigenvalue weighted by Crippen LogP contribution is -2.55. The van der Waals surface area contributed by atoms with Gasteiger partial charge in [-0.3, -0.25) is 13.8 Å².